The summed E-state index contributed by atoms with van der Waals surface area (Å²) in [6.07, 6.45) is 8.50. The summed E-state index contributed by atoms with van der Waals surface area (Å²) >= 11 is 6.65. The number of esters is 1. The summed E-state index contributed by atoms with van der Waals surface area (Å²) in [5, 5.41) is 28.4. The normalized spacial score (nSPS) is 15.1. The molecule has 0 spiro atoms. The van der Waals surface area contributed by atoms with Crippen molar-refractivity contribution in [1.29, 1.82) is 0 Å². The molecule has 1 fully saturated rings. The summed E-state index contributed by atoms with van der Waals surface area (Å²) in [5.74, 6) is -4.26. The van der Waals surface area contributed by atoms with Crippen molar-refractivity contribution in [3.8, 4) is 17.2 Å². The Balaban J connectivity index is 1.50. The van der Waals surface area contributed by atoms with Gasteiger partial charge >= 0.3 is 5.97 Å². The van der Waals surface area contributed by atoms with E-state index in [-0.39, 0.29) is 47.9 Å². The number of methoxy groups -OCH3 is 1. The molecule has 0 unspecified atom stereocenters. The maximum atomic E-state index is 15.0. The first-order valence-corrected chi connectivity index (χ1v) is 21.5. The first-order valence-electron chi connectivity index (χ1n) is 21.1. The van der Waals surface area contributed by atoms with Crippen molar-refractivity contribution < 1.29 is 48.5 Å². The first kappa shape index (κ1) is 48.9. The van der Waals surface area contributed by atoms with Gasteiger partial charge in [-0.15, -0.1) is 0 Å². The summed E-state index contributed by atoms with van der Waals surface area (Å²) in [5.41, 5.74) is 3.17. The minimum atomic E-state index is -1.41. The van der Waals surface area contributed by atoms with Gasteiger partial charge in [0.25, 0.3) is 0 Å². The van der Waals surface area contributed by atoms with Crippen molar-refractivity contribution in [3.05, 3.63) is 136 Å². The van der Waals surface area contributed by atoms with Crippen LogP contribution in [-0.2, 0) is 52.8 Å². The molecule has 1 aliphatic heterocycles. The standard InChI is InChI=1S/C49H54ClN5O10/c1-5-6-8-15-33-16-11-12-17-34(33)21-25-42(57)52-37(26-32-18-22-36(56)23-19-32)47(61)54(2)39(28-35-20-24-41(64-4)45(59)44(35)50)48(62)55(3)40(27-31-13-9-7-10-14-31)49(63)65-30-38-46(60)51-29-43(58)53-38/h7-25,37-40,56,59H,5-6,26-30H2,1-4H3,(H,51,60)(H,52,57)(H,53,58)/b15-8-,25-21+/t37-,38-,39+,40+/m1/s1. The Morgan fingerprint density at radius 2 is 1.48 bits per heavy atom. The van der Waals surface area contributed by atoms with Crippen LogP contribution in [0.4, 0.5) is 0 Å². The zero-order valence-corrected chi connectivity index (χ0v) is 37.4. The molecule has 16 heteroatoms. The third-order valence-electron chi connectivity index (χ3n) is 10.9. The summed E-state index contributed by atoms with van der Waals surface area (Å²) in [4.78, 5) is 84.4. The minimum absolute atomic E-state index is 0.00368. The number of phenolic OH excluding ortho intramolecular Hbond substituents is 2. The number of carbonyl (C=O) groups is 6. The van der Waals surface area contributed by atoms with E-state index in [9.17, 15) is 34.2 Å². The van der Waals surface area contributed by atoms with Crippen LogP contribution in [-0.4, -0.2) is 114 Å². The molecule has 0 bridgehead atoms. The Bertz CT molecular complexity index is 2390. The maximum absolute atomic E-state index is 15.0. The molecule has 1 heterocycles. The molecule has 0 saturated carbocycles. The molecule has 5 amide bonds. The molecule has 0 radical (unpaired) electrons. The van der Waals surface area contributed by atoms with E-state index in [1.165, 1.54) is 51.5 Å². The van der Waals surface area contributed by atoms with E-state index in [2.05, 4.69) is 29.0 Å². The van der Waals surface area contributed by atoms with Crippen LogP contribution in [0.5, 0.6) is 17.2 Å². The number of allylic oxidation sites excluding steroid dienone is 1. The summed E-state index contributed by atoms with van der Waals surface area (Å²) in [6, 6.07) is 20.3. The Hall–Kier alpha value is -7.13. The van der Waals surface area contributed by atoms with Crippen LogP contribution in [0.15, 0.2) is 103 Å². The number of hydrogen-bond acceptors (Lipinski definition) is 10. The second-order valence-corrected chi connectivity index (χ2v) is 15.8. The zero-order chi connectivity index (χ0) is 47.0. The molecule has 15 nitrogen and oxygen atoms in total. The number of benzene rings is 4. The molecular weight excluding hydrogens is 854 g/mol. The number of hydrogen-bond donors (Lipinski definition) is 5. The van der Waals surface area contributed by atoms with Crippen molar-refractivity contribution >= 4 is 59.3 Å². The second kappa shape index (κ2) is 23.5. The molecule has 0 aromatic heterocycles. The van der Waals surface area contributed by atoms with Gasteiger partial charge in [0.1, 0.15) is 36.5 Å². The lowest BCUT2D eigenvalue weighted by Crippen LogP contribution is -2.59. The van der Waals surface area contributed by atoms with Gasteiger partial charge < -0.3 is 45.4 Å². The van der Waals surface area contributed by atoms with E-state index in [0.29, 0.717) is 11.1 Å². The lowest BCUT2D eigenvalue weighted by atomic mass is 9.98. The Morgan fingerprint density at radius 3 is 2.15 bits per heavy atom. The predicted octanol–water partition coefficient (Wildman–Crippen LogP) is 4.61. The number of phenols is 2. The van der Waals surface area contributed by atoms with Crippen molar-refractivity contribution in [3.63, 3.8) is 0 Å². The number of nitrogens with one attached hydrogen (secondary N) is 3. The van der Waals surface area contributed by atoms with Crippen molar-refractivity contribution in [2.75, 3.05) is 34.4 Å². The molecule has 1 saturated heterocycles. The highest BCUT2D eigenvalue weighted by Crippen LogP contribution is 2.37. The molecule has 342 valence electrons. The largest absolute Gasteiger partial charge is 0.508 e. The van der Waals surface area contributed by atoms with Gasteiger partial charge in [-0.1, -0.05) is 110 Å². The smallest absolute Gasteiger partial charge is 0.329 e. The number of likely N-dealkylation sites (N-methyl/N-ethyl adjacent to an activating group) is 2. The lowest BCUT2D eigenvalue weighted by molar-refractivity contribution is -0.158. The van der Waals surface area contributed by atoms with Crippen LogP contribution in [0.25, 0.3) is 12.2 Å². The molecule has 65 heavy (non-hydrogen) atoms. The number of rotatable bonds is 20. The Morgan fingerprint density at radius 1 is 0.831 bits per heavy atom. The fourth-order valence-corrected chi connectivity index (χ4v) is 7.37. The molecule has 1 aliphatic rings. The SMILES string of the molecule is CCC/C=C\c1ccccc1/C=C/C(=O)N[C@H](Cc1ccc(O)cc1)C(=O)N(C)[C@@H](Cc1ccc(OC)c(O)c1Cl)C(=O)N(C)[C@@H](Cc1ccccc1)C(=O)OC[C@H]1NC(=O)CNC1=O. The number of carbonyl (C=O) groups excluding carboxylic acids is 6. The first-order chi connectivity index (χ1) is 31.2. The van der Waals surface area contributed by atoms with Crippen LogP contribution in [0, 0.1) is 0 Å². The minimum Gasteiger partial charge on any atom is -0.508 e. The van der Waals surface area contributed by atoms with Crippen LogP contribution >= 0.6 is 11.6 Å². The van der Waals surface area contributed by atoms with E-state index < -0.39 is 72.0 Å². The molecule has 5 rings (SSSR count). The number of unbranched alkanes of at least 4 members (excludes halogenated alkanes) is 1. The van der Waals surface area contributed by atoms with Gasteiger partial charge in [-0.2, -0.15) is 0 Å². The van der Waals surface area contributed by atoms with Crippen molar-refractivity contribution in [2.45, 2.75) is 63.2 Å². The van der Waals surface area contributed by atoms with Crippen LogP contribution < -0.4 is 20.7 Å². The maximum Gasteiger partial charge on any atom is 0.329 e. The van der Waals surface area contributed by atoms with Gasteiger partial charge in [0, 0.05) is 39.4 Å². The molecule has 4 aromatic carbocycles. The van der Waals surface area contributed by atoms with E-state index in [4.69, 9.17) is 21.1 Å². The van der Waals surface area contributed by atoms with E-state index in [1.807, 2.05) is 30.3 Å². The lowest BCUT2D eigenvalue weighted by Gasteiger charge is -2.36. The molecule has 4 atom stereocenters. The van der Waals surface area contributed by atoms with Gasteiger partial charge in [-0.25, -0.2) is 4.79 Å². The number of ether oxygens (including phenoxy) is 2. The van der Waals surface area contributed by atoms with Crippen LogP contribution in [0.3, 0.4) is 0 Å². The number of halogens is 1. The third-order valence-corrected chi connectivity index (χ3v) is 11.3. The Labute approximate surface area is 383 Å². The topological polar surface area (TPSA) is 204 Å². The average Bonchev–Trinajstić information content (AvgIpc) is 3.31. The number of aromatic hydroxyl groups is 2. The number of amides is 5. The quantitative estimate of drug-likeness (QED) is 0.0616. The highest BCUT2D eigenvalue weighted by atomic mass is 35.5. The van der Waals surface area contributed by atoms with E-state index in [1.54, 1.807) is 48.5 Å². The fraction of sp³-hybridized carbons (Fsp3) is 0.306. The Kier molecular flexibility index (Phi) is 17.7. The van der Waals surface area contributed by atoms with E-state index in [0.717, 1.165) is 33.8 Å². The molecule has 4 aromatic rings. The van der Waals surface area contributed by atoms with Gasteiger partial charge in [0.05, 0.1) is 18.7 Å². The highest BCUT2D eigenvalue weighted by molar-refractivity contribution is 6.33. The third kappa shape index (κ3) is 13.4. The van der Waals surface area contributed by atoms with Gasteiger partial charge in [-0.3, -0.25) is 24.0 Å². The van der Waals surface area contributed by atoms with Crippen LogP contribution in [0.2, 0.25) is 5.02 Å². The number of piperazine rings is 1. The van der Waals surface area contributed by atoms with E-state index >= 15 is 4.79 Å². The molecular formula is C49H54ClN5O10. The highest BCUT2D eigenvalue weighted by Gasteiger charge is 2.39. The summed E-state index contributed by atoms with van der Waals surface area (Å²) in [7, 11) is 4.11. The average molecular weight is 908 g/mol. The van der Waals surface area contributed by atoms with Crippen molar-refractivity contribution in [2.24, 2.45) is 0 Å². The fourth-order valence-electron chi connectivity index (χ4n) is 7.14. The molecule has 5 N–H and O–H groups in total. The van der Waals surface area contributed by atoms with Crippen molar-refractivity contribution in [1.82, 2.24) is 25.8 Å². The zero-order valence-electron chi connectivity index (χ0n) is 36.7. The van der Waals surface area contributed by atoms with Crippen LogP contribution in [0.1, 0.15) is 47.6 Å². The molecule has 0 aliphatic carbocycles. The van der Waals surface area contributed by atoms with Gasteiger partial charge in [-0.05, 0) is 58.5 Å². The summed E-state index contributed by atoms with van der Waals surface area (Å²) < 4.78 is 10.8. The summed E-state index contributed by atoms with van der Waals surface area (Å²) in [6.45, 7) is 1.34. The number of nitrogens with zero attached hydrogens (tertiary/aromatic N) is 2. The van der Waals surface area contributed by atoms with Gasteiger partial charge in [0.2, 0.25) is 29.5 Å². The monoisotopic (exact) mass is 907 g/mol. The second-order valence-electron chi connectivity index (χ2n) is 15.5. The van der Waals surface area contributed by atoms with Gasteiger partial charge in [0.15, 0.2) is 11.5 Å². The predicted molar refractivity (Wildman–Crippen MR) is 246 cm³/mol.